The fourth-order valence-corrected chi connectivity index (χ4v) is 2.58. The van der Waals surface area contributed by atoms with E-state index in [0.717, 1.165) is 37.4 Å². The first kappa shape index (κ1) is 14.3. The lowest BCUT2D eigenvalue weighted by Gasteiger charge is -2.33. The van der Waals surface area contributed by atoms with E-state index in [0.29, 0.717) is 11.7 Å². The highest BCUT2D eigenvalue weighted by Crippen LogP contribution is 2.20. The monoisotopic (exact) mass is 297 g/mol. The predicted octanol–water partition coefficient (Wildman–Crippen LogP) is 2.57. The fourth-order valence-electron chi connectivity index (χ4n) is 2.58. The van der Waals surface area contributed by atoms with Crippen LogP contribution in [0.3, 0.4) is 0 Å². The molecule has 0 atom stereocenters. The first-order valence-electron chi connectivity index (χ1n) is 7.24. The van der Waals surface area contributed by atoms with Gasteiger partial charge in [0, 0.05) is 24.8 Å². The van der Waals surface area contributed by atoms with Crippen molar-refractivity contribution in [1.82, 2.24) is 9.97 Å². The van der Waals surface area contributed by atoms with Crippen LogP contribution >= 0.6 is 0 Å². The van der Waals surface area contributed by atoms with Gasteiger partial charge < -0.3 is 10.2 Å². The number of anilines is 2. The van der Waals surface area contributed by atoms with Gasteiger partial charge in [0.2, 0.25) is 0 Å². The van der Waals surface area contributed by atoms with Gasteiger partial charge in [0.1, 0.15) is 17.7 Å². The highest BCUT2D eigenvalue weighted by atomic mass is 19.1. The van der Waals surface area contributed by atoms with Crippen LogP contribution in [0.15, 0.2) is 36.7 Å². The van der Waals surface area contributed by atoms with E-state index in [2.05, 4.69) is 20.2 Å². The largest absolute Gasteiger partial charge is 0.382 e. The maximum Gasteiger partial charge on any atom is 0.158 e. The van der Waals surface area contributed by atoms with Gasteiger partial charge in [-0.15, -0.1) is 0 Å². The van der Waals surface area contributed by atoms with Crippen LogP contribution < -0.4 is 10.2 Å². The van der Waals surface area contributed by atoms with E-state index >= 15 is 0 Å². The fraction of sp³-hybridized carbons (Fsp3) is 0.312. The SMILES string of the molecule is N#Cc1cnc(N2CCC(Nc3ccc(F)cc3)CC2)cn1. The normalized spacial score (nSPS) is 15.4. The Morgan fingerprint density at radius 2 is 1.86 bits per heavy atom. The molecular weight excluding hydrogens is 281 g/mol. The third kappa shape index (κ3) is 3.31. The molecule has 0 aliphatic carbocycles. The molecule has 2 aromatic rings. The van der Waals surface area contributed by atoms with Crippen LogP contribution in [0.4, 0.5) is 15.9 Å². The molecule has 1 N–H and O–H groups in total. The standard InChI is InChI=1S/C16H16FN5/c17-12-1-3-13(4-2-12)21-14-5-7-22(8-6-14)16-11-19-15(9-18)10-20-16/h1-4,10-11,14,21H,5-8H2. The number of halogens is 1. The Morgan fingerprint density at radius 1 is 1.14 bits per heavy atom. The average Bonchev–Trinajstić information content (AvgIpc) is 2.58. The molecule has 112 valence electrons. The Labute approximate surface area is 128 Å². The summed E-state index contributed by atoms with van der Waals surface area (Å²) in [5, 5.41) is 12.2. The van der Waals surface area contributed by atoms with Crippen molar-refractivity contribution < 1.29 is 4.39 Å². The molecule has 1 aliphatic heterocycles. The lowest BCUT2D eigenvalue weighted by molar-refractivity contribution is 0.523. The van der Waals surface area contributed by atoms with Crippen LogP contribution in [-0.4, -0.2) is 29.1 Å². The quantitative estimate of drug-likeness (QED) is 0.943. The molecule has 1 aliphatic rings. The van der Waals surface area contributed by atoms with E-state index in [1.165, 1.54) is 18.3 Å². The minimum Gasteiger partial charge on any atom is -0.382 e. The Kier molecular flexibility index (Phi) is 4.15. The van der Waals surface area contributed by atoms with E-state index in [4.69, 9.17) is 5.26 Å². The third-order valence-electron chi connectivity index (χ3n) is 3.79. The van der Waals surface area contributed by atoms with Gasteiger partial charge in [-0.25, -0.2) is 14.4 Å². The number of nitrogens with zero attached hydrogens (tertiary/aromatic N) is 4. The predicted molar refractivity (Wildman–Crippen MR) is 82.0 cm³/mol. The first-order chi connectivity index (χ1) is 10.7. The summed E-state index contributed by atoms with van der Waals surface area (Å²) in [6.45, 7) is 1.75. The molecule has 0 bridgehead atoms. The molecule has 0 spiro atoms. The third-order valence-corrected chi connectivity index (χ3v) is 3.79. The van der Waals surface area contributed by atoms with E-state index in [-0.39, 0.29) is 5.82 Å². The van der Waals surface area contributed by atoms with E-state index in [9.17, 15) is 4.39 Å². The van der Waals surface area contributed by atoms with Crippen molar-refractivity contribution >= 4 is 11.5 Å². The molecule has 0 radical (unpaired) electrons. The van der Waals surface area contributed by atoms with E-state index in [1.807, 2.05) is 6.07 Å². The zero-order chi connectivity index (χ0) is 15.4. The Bertz CT molecular complexity index is 654. The van der Waals surface area contributed by atoms with Crippen molar-refractivity contribution in [3.8, 4) is 6.07 Å². The van der Waals surface area contributed by atoms with Gasteiger partial charge in [0.15, 0.2) is 5.69 Å². The molecule has 0 unspecified atom stereocenters. The molecule has 3 rings (SSSR count). The molecule has 0 amide bonds. The second-order valence-electron chi connectivity index (χ2n) is 5.28. The summed E-state index contributed by atoms with van der Waals surface area (Å²) in [7, 11) is 0. The van der Waals surface area contributed by atoms with Crippen molar-refractivity contribution in [1.29, 1.82) is 5.26 Å². The number of rotatable bonds is 3. The highest BCUT2D eigenvalue weighted by molar-refractivity contribution is 5.45. The van der Waals surface area contributed by atoms with Crippen LogP contribution in [0, 0.1) is 17.1 Å². The number of hydrogen-bond acceptors (Lipinski definition) is 5. The van der Waals surface area contributed by atoms with Gasteiger partial charge in [0.25, 0.3) is 0 Å². The van der Waals surface area contributed by atoms with Crippen LogP contribution in [0.25, 0.3) is 0 Å². The van der Waals surface area contributed by atoms with Gasteiger partial charge in [0.05, 0.1) is 12.4 Å². The molecule has 1 aromatic heterocycles. The first-order valence-corrected chi connectivity index (χ1v) is 7.24. The van der Waals surface area contributed by atoms with Gasteiger partial charge in [-0.2, -0.15) is 5.26 Å². The molecule has 6 heteroatoms. The molecule has 5 nitrogen and oxygen atoms in total. The summed E-state index contributed by atoms with van der Waals surface area (Å²) in [6.07, 6.45) is 5.09. The van der Waals surface area contributed by atoms with Gasteiger partial charge >= 0.3 is 0 Å². The Hall–Kier alpha value is -2.68. The smallest absolute Gasteiger partial charge is 0.158 e. The summed E-state index contributed by atoms with van der Waals surface area (Å²) in [5.74, 6) is 0.582. The van der Waals surface area contributed by atoms with Crippen LogP contribution in [-0.2, 0) is 0 Å². The van der Waals surface area contributed by atoms with Crippen LogP contribution in [0.2, 0.25) is 0 Å². The zero-order valence-corrected chi connectivity index (χ0v) is 12.0. The molecule has 0 saturated carbocycles. The Balaban J connectivity index is 1.55. The topological polar surface area (TPSA) is 64.8 Å². The summed E-state index contributed by atoms with van der Waals surface area (Å²) in [4.78, 5) is 10.5. The minimum absolute atomic E-state index is 0.222. The zero-order valence-electron chi connectivity index (χ0n) is 12.0. The van der Waals surface area contributed by atoms with E-state index in [1.54, 1.807) is 18.3 Å². The van der Waals surface area contributed by atoms with Gasteiger partial charge in [-0.3, -0.25) is 0 Å². The molecule has 1 saturated heterocycles. The van der Waals surface area contributed by atoms with Crippen molar-refractivity contribution in [3.05, 3.63) is 48.2 Å². The van der Waals surface area contributed by atoms with Crippen molar-refractivity contribution in [2.45, 2.75) is 18.9 Å². The molecule has 22 heavy (non-hydrogen) atoms. The highest BCUT2D eigenvalue weighted by Gasteiger charge is 2.20. The van der Waals surface area contributed by atoms with Crippen molar-refractivity contribution in [2.75, 3.05) is 23.3 Å². The summed E-state index contributed by atoms with van der Waals surface area (Å²) < 4.78 is 12.9. The van der Waals surface area contributed by atoms with E-state index < -0.39 is 0 Å². The maximum absolute atomic E-state index is 12.9. The lowest BCUT2D eigenvalue weighted by Crippen LogP contribution is -2.39. The van der Waals surface area contributed by atoms with Crippen molar-refractivity contribution in [3.63, 3.8) is 0 Å². The number of nitrogens with one attached hydrogen (secondary N) is 1. The molecule has 2 heterocycles. The second kappa shape index (κ2) is 6.39. The second-order valence-corrected chi connectivity index (χ2v) is 5.28. The number of hydrogen-bond donors (Lipinski definition) is 1. The van der Waals surface area contributed by atoms with Gasteiger partial charge in [-0.1, -0.05) is 0 Å². The number of piperidine rings is 1. The average molecular weight is 297 g/mol. The maximum atomic E-state index is 12.9. The van der Waals surface area contributed by atoms with Crippen molar-refractivity contribution in [2.24, 2.45) is 0 Å². The summed E-state index contributed by atoms with van der Waals surface area (Å²) in [5.41, 5.74) is 1.27. The number of nitriles is 1. The van der Waals surface area contributed by atoms with Gasteiger partial charge in [-0.05, 0) is 37.1 Å². The lowest BCUT2D eigenvalue weighted by atomic mass is 10.0. The molecular formula is C16H16FN5. The summed E-state index contributed by atoms with van der Waals surface area (Å²) in [6, 6.07) is 8.77. The van der Waals surface area contributed by atoms with Crippen LogP contribution in [0.5, 0.6) is 0 Å². The summed E-state index contributed by atoms with van der Waals surface area (Å²) >= 11 is 0. The minimum atomic E-state index is -0.222. The van der Waals surface area contributed by atoms with Crippen LogP contribution in [0.1, 0.15) is 18.5 Å². The Morgan fingerprint density at radius 3 is 2.45 bits per heavy atom. The number of benzene rings is 1. The number of aromatic nitrogens is 2. The molecule has 1 fully saturated rings. The molecule has 1 aromatic carbocycles.